The molecule has 0 spiro atoms. The van der Waals surface area contributed by atoms with Crippen molar-refractivity contribution in [1.82, 2.24) is 14.9 Å². The number of fused-ring (bicyclic) bond motifs is 1. The van der Waals surface area contributed by atoms with Gasteiger partial charge in [0.1, 0.15) is 5.82 Å². The Balaban J connectivity index is 2.09. The van der Waals surface area contributed by atoms with Crippen molar-refractivity contribution in [2.75, 3.05) is 13.2 Å². The minimum Gasteiger partial charge on any atom is -0.376 e. The van der Waals surface area contributed by atoms with Crippen molar-refractivity contribution in [2.24, 2.45) is 0 Å². The first-order valence-corrected chi connectivity index (χ1v) is 7.59. The molecule has 0 amide bonds. The van der Waals surface area contributed by atoms with Crippen LogP contribution in [-0.4, -0.2) is 28.8 Å². The van der Waals surface area contributed by atoms with Crippen molar-refractivity contribution >= 4 is 0 Å². The molecule has 106 valence electrons. The van der Waals surface area contributed by atoms with Crippen LogP contribution in [0, 0.1) is 0 Å². The van der Waals surface area contributed by atoms with Gasteiger partial charge in [0.25, 0.3) is 0 Å². The molecule has 1 saturated heterocycles. The van der Waals surface area contributed by atoms with Gasteiger partial charge in [-0.3, -0.25) is 0 Å². The summed E-state index contributed by atoms with van der Waals surface area (Å²) in [6.07, 6.45) is 4.68. The molecule has 2 atom stereocenters. The molecular weight excluding hydrogens is 238 g/mol. The average Bonchev–Trinajstić information content (AvgIpc) is 2.92. The summed E-state index contributed by atoms with van der Waals surface area (Å²) in [6, 6.07) is 0. The first kappa shape index (κ1) is 13.1. The number of aromatic nitrogens is 2. The fourth-order valence-electron chi connectivity index (χ4n) is 3.48. The molecule has 0 saturated carbocycles. The summed E-state index contributed by atoms with van der Waals surface area (Å²) in [6.45, 7) is 9.63. The SMILES string of the molecule is CCCc1nc2c(n1C1(C)CCOC1C)CCNC2. The number of nitrogens with one attached hydrogen (secondary N) is 1. The fraction of sp³-hybridized carbons (Fsp3) is 0.800. The van der Waals surface area contributed by atoms with Crippen molar-refractivity contribution < 1.29 is 4.74 Å². The highest BCUT2D eigenvalue weighted by molar-refractivity contribution is 5.24. The highest BCUT2D eigenvalue weighted by Crippen LogP contribution is 2.37. The van der Waals surface area contributed by atoms with Gasteiger partial charge in [-0.25, -0.2) is 4.98 Å². The Bertz CT molecular complexity index is 468. The third-order valence-electron chi connectivity index (χ3n) is 4.79. The topological polar surface area (TPSA) is 39.1 Å². The second-order valence-electron chi connectivity index (χ2n) is 6.05. The zero-order valence-corrected chi connectivity index (χ0v) is 12.3. The molecule has 19 heavy (non-hydrogen) atoms. The van der Waals surface area contributed by atoms with Crippen molar-refractivity contribution in [1.29, 1.82) is 0 Å². The Morgan fingerprint density at radius 1 is 1.53 bits per heavy atom. The average molecular weight is 263 g/mol. The molecule has 3 heterocycles. The summed E-state index contributed by atoms with van der Waals surface area (Å²) in [4.78, 5) is 4.91. The van der Waals surface area contributed by atoms with Crippen molar-refractivity contribution in [2.45, 2.75) is 64.6 Å². The molecule has 0 bridgehead atoms. The van der Waals surface area contributed by atoms with Gasteiger partial charge in [-0.15, -0.1) is 0 Å². The lowest BCUT2D eigenvalue weighted by Crippen LogP contribution is -2.40. The lowest BCUT2D eigenvalue weighted by atomic mass is 9.92. The first-order chi connectivity index (χ1) is 9.16. The van der Waals surface area contributed by atoms with E-state index < -0.39 is 0 Å². The van der Waals surface area contributed by atoms with Crippen LogP contribution in [-0.2, 0) is 29.7 Å². The number of nitrogens with zero attached hydrogens (tertiary/aromatic N) is 2. The minimum atomic E-state index is 0.0857. The van der Waals surface area contributed by atoms with E-state index in [0.29, 0.717) is 0 Å². The molecule has 2 aliphatic rings. The fourth-order valence-corrected chi connectivity index (χ4v) is 3.48. The zero-order valence-electron chi connectivity index (χ0n) is 12.3. The maximum atomic E-state index is 5.85. The maximum absolute atomic E-state index is 5.85. The highest BCUT2D eigenvalue weighted by Gasteiger charge is 2.42. The molecule has 0 aliphatic carbocycles. The van der Waals surface area contributed by atoms with Gasteiger partial charge in [0.2, 0.25) is 0 Å². The van der Waals surface area contributed by atoms with Gasteiger partial charge in [-0.05, 0) is 26.7 Å². The van der Waals surface area contributed by atoms with E-state index in [0.717, 1.165) is 45.4 Å². The largest absolute Gasteiger partial charge is 0.376 e. The molecule has 4 nitrogen and oxygen atoms in total. The van der Waals surface area contributed by atoms with E-state index in [2.05, 4.69) is 30.7 Å². The summed E-state index contributed by atoms with van der Waals surface area (Å²) >= 11 is 0. The Kier molecular flexibility index (Phi) is 3.39. The minimum absolute atomic E-state index is 0.0857. The number of rotatable bonds is 3. The number of aryl methyl sites for hydroxylation is 1. The predicted molar refractivity (Wildman–Crippen MR) is 75.3 cm³/mol. The van der Waals surface area contributed by atoms with Gasteiger partial charge in [0, 0.05) is 38.2 Å². The van der Waals surface area contributed by atoms with Crippen LogP contribution in [0.25, 0.3) is 0 Å². The van der Waals surface area contributed by atoms with Crippen LogP contribution in [0.15, 0.2) is 0 Å². The van der Waals surface area contributed by atoms with Crippen LogP contribution in [0.3, 0.4) is 0 Å². The smallest absolute Gasteiger partial charge is 0.109 e. The number of hydrogen-bond acceptors (Lipinski definition) is 3. The van der Waals surface area contributed by atoms with Gasteiger partial charge in [0.05, 0.1) is 17.3 Å². The molecule has 2 unspecified atom stereocenters. The van der Waals surface area contributed by atoms with Crippen molar-refractivity contribution in [3.8, 4) is 0 Å². The van der Waals surface area contributed by atoms with Crippen LogP contribution in [0.4, 0.5) is 0 Å². The molecule has 1 N–H and O–H groups in total. The second-order valence-corrected chi connectivity index (χ2v) is 6.05. The van der Waals surface area contributed by atoms with Gasteiger partial charge >= 0.3 is 0 Å². The summed E-state index contributed by atoms with van der Waals surface area (Å²) < 4.78 is 8.38. The predicted octanol–water partition coefficient (Wildman–Crippen LogP) is 2.01. The van der Waals surface area contributed by atoms with E-state index in [4.69, 9.17) is 9.72 Å². The van der Waals surface area contributed by atoms with Crippen LogP contribution in [0.5, 0.6) is 0 Å². The summed E-state index contributed by atoms with van der Waals surface area (Å²) in [7, 11) is 0. The lowest BCUT2D eigenvalue weighted by Gasteiger charge is -2.34. The van der Waals surface area contributed by atoms with Crippen molar-refractivity contribution in [3.05, 3.63) is 17.2 Å². The standard InChI is InChI=1S/C15H25N3O/c1-4-5-14-17-12-10-16-8-6-13(12)18(14)15(3)7-9-19-11(15)2/h11,16H,4-10H2,1-3H3. The molecule has 1 fully saturated rings. The van der Waals surface area contributed by atoms with E-state index >= 15 is 0 Å². The third-order valence-corrected chi connectivity index (χ3v) is 4.79. The van der Waals surface area contributed by atoms with Gasteiger partial charge < -0.3 is 14.6 Å². The number of imidazole rings is 1. The first-order valence-electron chi connectivity index (χ1n) is 7.59. The maximum Gasteiger partial charge on any atom is 0.109 e. The Hall–Kier alpha value is -0.870. The number of hydrogen-bond donors (Lipinski definition) is 1. The van der Waals surface area contributed by atoms with Gasteiger partial charge in [-0.1, -0.05) is 6.92 Å². The Labute approximate surface area is 115 Å². The van der Waals surface area contributed by atoms with E-state index in [1.165, 1.54) is 17.2 Å². The second kappa shape index (κ2) is 4.91. The molecule has 4 heteroatoms. The van der Waals surface area contributed by atoms with E-state index in [1.54, 1.807) is 0 Å². The van der Waals surface area contributed by atoms with Crippen LogP contribution >= 0.6 is 0 Å². The van der Waals surface area contributed by atoms with E-state index in [1.807, 2.05) is 0 Å². The van der Waals surface area contributed by atoms with Crippen LogP contribution in [0.1, 0.15) is 50.8 Å². The monoisotopic (exact) mass is 263 g/mol. The summed E-state index contributed by atoms with van der Waals surface area (Å²) in [5, 5.41) is 3.43. The highest BCUT2D eigenvalue weighted by atomic mass is 16.5. The molecule has 3 rings (SSSR count). The van der Waals surface area contributed by atoms with Crippen LogP contribution < -0.4 is 5.32 Å². The molecular formula is C15H25N3O. The molecule has 0 radical (unpaired) electrons. The Morgan fingerprint density at radius 2 is 2.37 bits per heavy atom. The lowest BCUT2D eigenvalue weighted by molar-refractivity contribution is 0.0735. The molecule has 0 aromatic carbocycles. The Morgan fingerprint density at radius 3 is 3.05 bits per heavy atom. The number of ether oxygens (including phenoxy) is 1. The van der Waals surface area contributed by atoms with Gasteiger partial charge in [0.15, 0.2) is 0 Å². The van der Waals surface area contributed by atoms with E-state index in [-0.39, 0.29) is 11.6 Å². The van der Waals surface area contributed by atoms with Gasteiger partial charge in [-0.2, -0.15) is 0 Å². The molecule has 1 aromatic heterocycles. The third kappa shape index (κ3) is 2.01. The summed E-state index contributed by atoms with van der Waals surface area (Å²) in [5.74, 6) is 1.26. The quantitative estimate of drug-likeness (QED) is 0.906. The normalized spacial score (nSPS) is 30.6. The summed E-state index contributed by atoms with van der Waals surface area (Å²) in [5.41, 5.74) is 2.79. The van der Waals surface area contributed by atoms with Crippen LogP contribution in [0.2, 0.25) is 0 Å². The molecule has 2 aliphatic heterocycles. The molecule has 1 aromatic rings. The van der Waals surface area contributed by atoms with Crippen molar-refractivity contribution in [3.63, 3.8) is 0 Å². The zero-order chi connectivity index (χ0) is 13.5. The van der Waals surface area contributed by atoms with E-state index in [9.17, 15) is 0 Å².